The van der Waals surface area contributed by atoms with Gasteiger partial charge in [-0.3, -0.25) is 14.4 Å². The third-order valence-electron chi connectivity index (χ3n) is 2.24. The maximum absolute atomic E-state index is 11.3. The number of carboxylic acids is 1. The topological polar surface area (TPSA) is 95.5 Å². The molecule has 1 saturated carbocycles. The fourth-order valence-electron chi connectivity index (χ4n) is 1.31. The summed E-state index contributed by atoms with van der Waals surface area (Å²) in [4.78, 5) is 32.2. The van der Waals surface area contributed by atoms with Crippen molar-refractivity contribution in [2.75, 3.05) is 13.1 Å². The van der Waals surface area contributed by atoms with E-state index in [4.69, 9.17) is 5.11 Å². The first-order valence-corrected chi connectivity index (χ1v) is 4.77. The maximum atomic E-state index is 11.3. The Morgan fingerprint density at radius 1 is 1.20 bits per heavy atom. The molecule has 1 aliphatic carbocycles. The van der Waals surface area contributed by atoms with E-state index < -0.39 is 11.9 Å². The number of hydrogen-bond acceptors (Lipinski definition) is 3. The summed E-state index contributed by atoms with van der Waals surface area (Å²) in [6.07, 6.45) is 0.418. The average Bonchev–Trinajstić information content (AvgIpc) is 2.90. The van der Waals surface area contributed by atoms with Crippen molar-refractivity contribution in [2.24, 2.45) is 11.8 Å². The molecule has 0 bridgehead atoms. The summed E-state index contributed by atoms with van der Waals surface area (Å²) in [5.41, 5.74) is 0. The minimum Gasteiger partial charge on any atom is -0.481 e. The Labute approximate surface area is 87.0 Å². The molecule has 2 unspecified atom stereocenters. The Balaban J connectivity index is 2.10. The van der Waals surface area contributed by atoms with Crippen LogP contribution < -0.4 is 10.6 Å². The fraction of sp³-hybridized carbons (Fsp3) is 0.667. The van der Waals surface area contributed by atoms with Gasteiger partial charge in [0.25, 0.3) is 0 Å². The summed E-state index contributed by atoms with van der Waals surface area (Å²) in [7, 11) is 0. The molecular formula is C9H14N2O4. The Bertz CT molecular complexity index is 290. The average molecular weight is 214 g/mol. The van der Waals surface area contributed by atoms with Crippen LogP contribution >= 0.6 is 0 Å². The van der Waals surface area contributed by atoms with Gasteiger partial charge in [0.15, 0.2) is 0 Å². The molecule has 6 heteroatoms. The lowest BCUT2D eigenvalue weighted by Gasteiger charge is -2.04. The Morgan fingerprint density at radius 3 is 2.27 bits per heavy atom. The highest BCUT2D eigenvalue weighted by atomic mass is 16.4. The summed E-state index contributed by atoms with van der Waals surface area (Å²) >= 11 is 0. The summed E-state index contributed by atoms with van der Waals surface area (Å²) in [6, 6.07) is 0. The number of carbonyl (C=O) groups is 3. The Kier molecular flexibility index (Phi) is 3.65. The van der Waals surface area contributed by atoms with Crippen molar-refractivity contribution in [1.82, 2.24) is 10.6 Å². The number of aliphatic carboxylic acids is 1. The summed E-state index contributed by atoms with van der Waals surface area (Å²) < 4.78 is 0. The van der Waals surface area contributed by atoms with Crippen molar-refractivity contribution in [3.05, 3.63) is 0 Å². The van der Waals surface area contributed by atoms with Crippen LogP contribution in [0.15, 0.2) is 0 Å². The standard InChI is InChI=1S/C9H14N2O4/c1-5(12)10-2-3-11-8(13)6-4-7(6)9(14)15/h6-7H,2-4H2,1H3,(H,10,12)(H,11,13)(H,14,15). The van der Waals surface area contributed by atoms with E-state index in [1.165, 1.54) is 6.92 Å². The summed E-state index contributed by atoms with van der Waals surface area (Å²) in [6.45, 7) is 2.09. The zero-order chi connectivity index (χ0) is 11.4. The smallest absolute Gasteiger partial charge is 0.307 e. The van der Waals surface area contributed by atoms with Crippen molar-refractivity contribution in [2.45, 2.75) is 13.3 Å². The molecule has 84 valence electrons. The number of carbonyl (C=O) groups excluding carboxylic acids is 2. The normalized spacial score (nSPS) is 23.0. The number of nitrogens with one attached hydrogen (secondary N) is 2. The molecule has 0 saturated heterocycles. The first-order valence-electron chi connectivity index (χ1n) is 4.77. The second-order valence-electron chi connectivity index (χ2n) is 3.56. The molecule has 6 nitrogen and oxygen atoms in total. The van der Waals surface area contributed by atoms with E-state index in [2.05, 4.69) is 10.6 Å². The van der Waals surface area contributed by atoms with Crippen LogP contribution in [-0.2, 0) is 14.4 Å². The number of carboxylic acid groups (broad SMARTS) is 1. The Hall–Kier alpha value is -1.59. The van der Waals surface area contributed by atoms with Crippen LogP contribution in [0.4, 0.5) is 0 Å². The highest BCUT2D eigenvalue weighted by Gasteiger charge is 2.48. The van der Waals surface area contributed by atoms with E-state index in [-0.39, 0.29) is 17.7 Å². The minimum atomic E-state index is -0.919. The molecule has 0 aromatic carbocycles. The van der Waals surface area contributed by atoms with Crippen LogP contribution in [-0.4, -0.2) is 36.0 Å². The fourth-order valence-corrected chi connectivity index (χ4v) is 1.31. The van der Waals surface area contributed by atoms with Gasteiger partial charge in [0.2, 0.25) is 11.8 Å². The van der Waals surface area contributed by atoms with Gasteiger partial charge in [0.1, 0.15) is 0 Å². The summed E-state index contributed by atoms with van der Waals surface area (Å²) in [5, 5.41) is 13.7. The van der Waals surface area contributed by atoms with Gasteiger partial charge >= 0.3 is 5.97 Å². The molecule has 0 aromatic rings. The second-order valence-corrected chi connectivity index (χ2v) is 3.56. The van der Waals surface area contributed by atoms with Crippen LogP contribution in [0.5, 0.6) is 0 Å². The van der Waals surface area contributed by atoms with Gasteiger partial charge < -0.3 is 15.7 Å². The minimum absolute atomic E-state index is 0.154. The van der Waals surface area contributed by atoms with Crippen LogP contribution in [0.25, 0.3) is 0 Å². The zero-order valence-corrected chi connectivity index (χ0v) is 8.45. The van der Waals surface area contributed by atoms with Gasteiger partial charge in [-0.25, -0.2) is 0 Å². The van der Waals surface area contributed by atoms with Crippen LogP contribution in [0, 0.1) is 11.8 Å². The van der Waals surface area contributed by atoms with Gasteiger partial charge in [-0.2, -0.15) is 0 Å². The van der Waals surface area contributed by atoms with Gasteiger partial charge in [-0.1, -0.05) is 0 Å². The zero-order valence-electron chi connectivity index (χ0n) is 8.45. The maximum Gasteiger partial charge on any atom is 0.307 e. The molecule has 0 heterocycles. The molecule has 15 heavy (non-hydrogen) atoms. The lowest BCUT2D eigenvalue weighted by Crippen LogP contribution is -2.34. The van der Waals surface area contributed by atoms with E-state index in [0.717, 1.165) is 0 Å². The number of hydrogen-bond donors (Lipinski definition) is 3. The Morgan fingerprint density at radius 2 is 1.80 bits per heavy atom. The highest BCUT2D eigenvalue weighted by molar-refractivity contribution is 5.89. The molecule has 1 fully saturated rings. The van der Waals surface area contributed by atoms with Crippen molar-refractivity contribution < 1.29 is 19.5 Å². The molecule has 3 N–H and O–H groups in total. The summed E-state index contributed by atoms with van der Waals surface area (Å²) in [5.74, 6) is -2.23. The van der Waals surface area contributed by atoms with Crippen LogP contribution in [0.3, 0.4) is 0 Å². The van der Waals surface area contributed by atoms with Crippen molar-refractivity contribution >= 4 is 17.8 Å². The molecule has 0 radical (unpaired) electrons. The molecule has 0 aliphatic heterocycles. The van der Waals surface area contributed by atoms with Gasteiger partial charge in [-0.05, 0) is 6.42 Å². The van der Waals surface area contributed by atoms with Crippen molar-refractivity contribution in [1.29, 1.82) is 0 Å². The van der Waals surface area contributed by atoms with E-state index in [9.17, 15) is 14.4 Å². The van der Waals surface area contributed by atoms with E-state index in [1.807, 2.05) is 0 Å². The predicted octanol–water partition coefficient (Wildman–Crippen LogP) is -1.04. The molecule has 1 rings (SSSR count). The molecule has 0 spiro atoms. The largest absolute Gasteiger partial charge is 0.481 e. The SMILES string of the molecule is CC(=O)NCCNC(=O)C1CC1C(=O)O. The van der Waals surface area contributed by atoms with E-state index >= 15 is 0 Å². The van der Waals surface area contributed by atoms with Gasteiger partial charge in [-0.15, -0.1) is 0 Å². The van der Waals surface area contributed by atoms with Crippen LogP contribution in [0.1, 0.15) is 13.3 Å². The quantitative estimate of drug-likeness (QED) is 0.509. The highest BCUT2D eigenvalue weighted by Crippen LogP contribution is 2.38. The third-order valence-corrected chi connectivity index (χ3v) is 2.24. The second kappa shape index (κ2) is 4.77. The van der Waals surface area contributed by atoms with Gasteiger partial charge in [0, 0.05) is 20.0 Å². The first kappa shape index (κ1) is 11.5. The first-order chi connectivity index (χ1) is 7.02. The lowest BCUT2D eigenvalue weighted by atomic mass is 10.3. The third kappa shape index (κ3) is 3.57. The van der Waals surface area contributed by atoms with E-state index in [0.29, 0.717) is 19.5 Å². The predicted molar refractivity (Wildman–Crippen MR) is 50.9 cm³/mol. The number of rotatable bonds is 5. The molecule has 1 aliphatic rings. The molecular weight excluding hydrogens is 200 g/mol. The lowest BCUT2D eigenvalue weighted by molar-refractivity contribution is -0.140. The van der Waals surface area contributed by atoms with Crippen molar-refractivity contribution in [3.8, 4) is 0 Å². The monoisotopic (exact) mass is 214 g/mol. The van der Waals surface area contributed by atoms with Crippen LogP contribution in [0.2, 0.25) is 0 Å². The molecule has 2 amide bonds. The molecule has 2 atom stereocenters. The number of amides is 2. The van der Waals surface area contributed by atoms with Crippen molar-refractivity contribution in [3.63, 3.8) is 0 Å². The molecule has 0 aromatic heterocycles. The van der Waals surface area contributed by atoms with Gasteiger partial charge in [0.05, 0.1) is 11.8 Å². The van der Waals surface area contributed by atoms with E-state index in [1.54, 1.807) is 0 Å².